The van der Waals surface area contributed by atoms with E-state index in [1.54, 1.807) is 0 Å². The number of hydrogen-bond donors (Lipinski definition) is 2. The minimum atomic E-state index is 0.0624. The lowest BCUT2D eigenvalue weighted by atomic mass is 9.94. The van der Waals surface area contributed by atoms with Crippen molar-refractivity contribution < 1.29 is 0 Å². The molecule has 1 aromatic heterocycles. The van der Waals surface area contributed by atoms with E-state index in [9.17, 15) is 0 Å². The summed E-state index contributed by atoms with van der Waals surface area (Å²) in [6, 6.07) is 14.3. The van der Waals surface area contributed by atoms with Gasteiger partial charge in [-0.1, -0.05) is 53.5 Å². The summed E-state index contributed by atoms with van der Waals surface area (Å²) in [4.78, 5) is 3.55. The van der Waals surface area contributed by atoms with Crippen LogP contribution in [0.4, 0.5) is 0 Å². The van der Waals surface area contributed by atoms with Crippen LogP contribution in [0, 0.1) is 0 Å². The Morgan fingerprint density at radius 3 is 2.76 bits per heavy atom. The number of aromatic nitrogens is 1. The number of rotatable bonds is 1. The molecule has 1 aliphatic rings. The number of halogens is 2. The smallest absolute Gasteiger partial charge is 0.0747 e. The Morgan fingerprint density at radius 2 is 1.86 bits per heavy atom. The summed E-state index contributed by atoms with van der Waals surface area (Å²) in [5.41, 5.74) is 4.78. The fourth-order valence-electron chi connectivity index (χ4n) is 3.19. The van der Waals surface area contributed by atoms with E-state index in [1.165, 1.54) is 22.2 Å². The number of hydrogen-bond acceptors (Lipinski definition) is 1. The molecule has 4 heteroatoms. The van der Waals surface area contributed by atoms with Gasteiger partial charge >= 0.3 is 0 Å². The summed E-state index contributed by atoms with van der Waals surface area (Å²) >= 11 is 12.6. The highest BCUT2D eigenvalue weighted by molar-refractivity contribution is 6.42. The van der Waals surface area contributed by atoms with Crippen LogP contribution in [0.25, 0.3) is 10.9 Å². The Bertz CT molecular complexity index is 823. The standard InChI is InChI=1S/C17H14Cl2N2/c18-13-6-3-5-12(15(13)19)16-17-11(8-9-20-16)10-4-1-2-7-14(10)21-17/h1-7,16,20-21H,8-9H2. The molecule has 2 N–H and O–H groups in total. The van der Waals surface area contributed by atoms with Crippen LogP contribution >= 0.6 is 23.2 Å². The lowest BCUT2D eigenvalue weighted by molar-refractivity contribution is 0.560. The maximum Gasteiger partial charge on any atom is 0.0747 e. The van der Waals surface area contributed by atoms with Crippen LogP contribution in [0.5, 0.6) is 0 Å². The van der Waals surface area contributed by atoms with Gasteiger partial charge in [-0.25, -0.2) is 0 Å². The predicted octanol–water partition coefficient (Wildman–Crippen LogP) is 4.71. The molecule has 0 spiro atoms. The Hall–Kier alpha value is -1.48. The van der Waals surface area contributed by atoms with Gasteiger partial charge in [0.15, 0.2) is 0 Å². The van der Waals surface area contributed by atoms with Crippen LogP contribution in [-0.4, -0.2) is 11.5 Å². The van der Waals surface area contributed by atoms with E-state index in [2.05, 4.69) is 34.6 Å². The average Bonchev–Trinajstić information content (AvgIpc) is 2.89. The van der Waals surface area contributed by atoms with Gasteiger partial charge in [0.05, 0.1) is 16.1 Å². The molecule has 0 bridgehead atoms. The summed E-state index contributed by atoms with van der Waals surface area (Å²) in [7, 11) is 0. The van der Waals surface area contributed by atoms with Crippen LogP contribution < -0.4 is 5.32 Å². The molecule has 2 heterocycles. The van der Waals surface area contributed by atoms with E-state index >= 15 is 0 Å². The third-order valence-electron chi connectivity index (χ3n) is 4.15. The maximum absolute atomic E-state index is 6.41. The molecule has 2 nitrogen and oxygen atoms in total. The molecule has 0 aliphatic carbocycles. The Balaban J connectivity index is 1.92. The van der Waals surface area contributed by atoms with Crippen LogP contribution in [0.1, 0.15) is 22.9 Å². The second-order valence-corrected chi connectivity index (χ2v) is 6.13. The summed E-state index contributed by atoms with van der Waals surface area (Å²) in [6.45, 7) is 0.933. The first kappa shape index (κ1) is 13.2. The van der Waals surface area contributed by atoms with Gasteiger partial charge in [-0.05, 0) is 29.7 Å². The van der Waals surface area contributed by atoms with Gasteiger partial charge in [-0.2, -0.15) is 0 Å². The van der Waals surface area contributed by atoms with Crippen molar-refractivity contribution in [2.45, 2.75) is 12.5 Å². The number of nitrogens with one attached hydrogen (secondary N) is 2. The highest BCUT2D eigenvalue weighted by atomic mass is 35.5. The molecule has 1 atom stereocenters. The molecule has 3 aromatic rings. The average molecular weight is 317 g/mol. The molecule has 21 heavy (non-hydrogen) atoms. The fraction of sp³-hybridized carbons (Fsp3) is 0.176. The van der Waals surface area contributed by atoms with Crippen LogP contribution in [0.2, 0.25) is 10.0 Å². The number of fused-ring (bicyclic) bond motifs is 3. The zero-order valence-electron chi connectivity index (χ0n) is 11.3. The molecule has 1 aliphatic heterocycles. The second-order valence-electron chi connectivity index (χ2n) is 5.34. The molecule has 0 fully saturated rings. The van der Waals surface area contributed by atoms with Crippen molar-refractivity contribution in [2.75, 3.05) is 6.54 Å². The first-order chi connectivity index (χ1) is 10.3. The van der Waals surface area contributed by atoms with Crippen molar-refractivity contribution in [2.24, 2.45) is 0 Å². The minimum absolute atomic E-state index is 0.0624. The molecular weight excluding hydrogens is 303 g/mol. The van der Waals surface area contributed by atoms with E-state index in [0.717, 1.165) is 18.5 Å². The van der Waals surface area contributed by atoms with Crippen molar-refractivity contribution in [1.82, 2.24) is 10.3 Å². The normalized spacial score (nSPS) is 17.9. The Morgan fingerprint density at radius 1 is 1.00 bits per heavy atom. The first-order valence-electron chi connectivity index (χ1n) is 7.02. The molecule has 0 radical (unpaired) electrons. The molecule has 2 aromatic carbocycles. The Labute approximate surface area is 133 Å². The predicted molar refractivity (Wildman–Crippen MR) is 88.3 cm³/mol. The van der Waals surface area contributed by atoms with Gasteiger partial charge in [0.2, 0.25) is 0 Å². The highest BCUT2D eigenvalue weighted by Gasteiger charge is 2.26. The molecule has 1 unspecified atom stereocenters. The lowest BCUT2D eigenvalue weighted by Crippen LogP contribution is -2.30. The first-order valence-corrected chi connectivity index (χ1v) is 7.78. The van der Waals surface area contributed by atoms with Gasteiger partial charge in [-0.3, -0.25) is 0 Å². The fourth-order valence-corrected chi connectivity index (χ4v) is 3.61. The van der Waals surface area contributed by atoms with Crippen molar-refractivity contribution in [1.29, 1.82) is 0 Å². The van der Waals surface area contributed by atoms with Crippen molar-refractivity contribution in [3.63, 3.8) is 0 Å². The van der Waals surface area contributed by atoms with E-state index in [1.807, 2.05) is 18.2 Å². The highest BCUT2D eigenvalue weighted by Crippen LogP contribution is 2.37. The molecule has 4 rings (SSSR count). The van der Waals surface area contributed by atoms with Gasteiger partial charge in [0.1, 0.15) is 0 Å². The zero-order valence-corrected chi connectivity index (χ0v) is 12.8. The number of H-pyrrole nitrogens is 1. The van der Waals surface area contributed by atoms with Gasteiger partial charge < -0.3 is 10.3 Å². The quantitative estimate of drug-likeness (QED) is 0.668. The topological polar surface area (TPSA) is 27.8 Å². The van der Waals surface area contributed by atoms with E-state index in [4.69, 9.17) is 23.2 Å². The van der Waals surface area contributed by atoms with Crippen molar-refractivity contribution in [3.05, 3.63) is 69.3 Å². The van der Waals surface area contributed by atoms with Crippen molar-refractivity contribution >= 4 is 34.1 Å². The zero-order chi connectivity index (χ0) is 14.4. The SMILES string of the molecule is Clc1cccc(C2NCCc3c2[nH]c2ccccc32)c1Cl. The minimum Gasteiger partial charge on any atom is -0.357 e. The van der Waals surface area contributed by atoms with Crippen molar-refractivity contribution in [3.8, 4) is 0 Å². The van der Waals surface area contributed by atoms with Gasteiger partial charge in [-0.15, -0.1) is 0 Å². The molecule has 106 valence electrons. The largest absolute Gasteiger partial charge is 0.357 e. The summed E-state index contributed by atoms with van der Waals surface area (Å²) in [5.74, 6) is 0. The van der Waals surface area contributed by atoms with Gasteiger partial charge in [0, 0.05) is 23.1 Å². The summed E-state index contributed by atoms with van der Waals surface area (Å²) < 4.78 is 0. The summed E-state index contributed by atoms with van der Waals surface area (Å²) in [6.07, 6.45) is 1.02. The van der Waals surface area contributed by atoms with Crippen LogP contribution in [0.15, 0.2) is 42.5 Å². The van der Waals surface area contributed by atoms with Gasteiger partial charge in [0.25, 0.3) is 0 Å². The van der Waals surface area contributed by atoms with E-state index in [-0.39, 0.29) is 6.04 Å². The van der Waals surface area contributed by atoms with Crippen LogP contribution in [0.3, 0.4) is 0 Å². The monoisotopic (exact) mass is 316 g/mol. The number of para-hydroxylation sites is 1. The third-order valence-corrected chi connectivity index (χ3v) is 4.98. The second kappa shape index (κ2) is 5.06. The summed E-state index contributed by atoms with van der Waals surface area (Å²) in [5, 5.41) is 6.07. The van der Waals surface area contributed by atoms with Crippen LogP contribution in [-0.2, 0) is 6.42 Å². The number of benzene rings is 2. The maximum atomic E-state index is 6.41. The molecule has 0 saturated heterocycles. The third kappa shape index (κ3) is 2.06. The van der Waals surface area contributed by atoms with E-state index in [0.29, 0.717) is 10.0 Å². The molecule has 0 amide bonds. The lowest BCUT2D eigenvalue weighted by Gasteiger charge is -2.25. The molecular formula is C17H14Cl2N2. The molecule has 0 saturated carbocycles. The number of aromatic amines is 1. The van der Waals surface area contributed by atoms with E-state index < -0.39 is 0 Å². The Kier molecular flexibility index (Phi) is 3.18.